The molecular formula is C12H23N3O3. The van der Waals surface area contributed by atoms with E-state index in [1.54, 1.807) is 6.92 Å². The Balaban J connectivity index is 2.28. The van der Waals surface area contributed by atoms with Crippen LogP contribution in [0.15, 0.2) is 0 Å². The number of piperidine rings is 1. The van der Waals surface area contributed by atoms with Crippen LogP contribution in [0.5, 0.6) is 0 Å². The first-order chi connectivity index (χ1) is 8.65. The zero-order chi connectivity index (χ0) is 13.4. The van der Waals surface area contributed by atoms with E-state index in [2.05, 4.69) is 10.6 Å². The highest BCUT2D eigenvalue weighted by molar-refractivity contribution is 5.95. The Hall–Kier alpha value is -1.14. The van der Waals surface area contributed by atoms with E-state index >= 15 is 0 Å². The summed E-state index contributed by atoms with van der Waals surface area (Å²) in [6.45, 7) is 4.45. The largest absolute Gasteiger partial charge is 0.396 e. The minimum Gasteiger partial charge on any atom is -0.396 e. The fourth-order valence-corrected chi connectivity index (χ4v) is 2.29. The van der Waals surface area contributed by atoms with Crippen molar-refractivity contribution in [1.82, 2.24) is 15.5 Å². The number of urea groups is 1. The van der Waals surface area contributed by atoms with Gasteiger partial charge in [0, 0.05) is 19.7 Å². The molecule has 1 aliphatic rings. The zero-order valence-corrected chi connectivity index (χ0v) is 10.9. The average Bonchev–Trinajstić information content (AvgIpc) is 2.29. The minimum absolute atomic E-state index is 0.198. The Bertz CT molecular complexity index is 282. The summed E-state index contributed by atoms with van der Waals surface area (Å²) in [5.74, 6) is 0.187. The van der Waals surface area contributed by atoms with E-state index in [0.29, 0.717) is 12.5 Å². The number of rotatable bonds is 5. The third-order valence-corrected chi connectivity index (χ3v) is 3.10. The predicted molar refractivity (Wildman–Crippen MR) is 68.1 cm³/mol. The normalized spacial score (nSPS) is 20.4. The number of hydrogen-bond acceptors (Lipinski definition) is 4. The average molecular weight is 257 g/mol. The van der Waals surface area contributed by atoms with Gasteiger partial charge in [0.25, 0.3) is 0 Å². The van der Waals surface area contributed by atoms with Crippen LogP contribution < -0.4 is 10.6 Å². The topological polar surface area (TPSA) is 81.7 Å². The summed E-state index contributed by atoms with van der Waals surface area (Å²) >= 11 is 0. The molecule has 1 atom stereocenters. The van der Waals surface area contributed by atoms with Crippen LogP contribution in [0, 0.1) is 5.92 Å². The molecule has 3 amide bonds. The fourth-order valence-electron chi connectivity index (χ4n) is 2.29. The molecule has 0 aromatic rings. The molecule has 0 spiro atoms. The number of carbonyl (C=O) groups is 2. The predicted octanol–water partition coefficient (Wildman–Crippen LogP) is -0.0735. The molecule has 1 fully saturated rings. The van der Waals surface area contributed by atoms with Crippen molar-refractivity contribution < 1.29 is 14.7 Å². The smallest absolute Gasteiger partial charge is 0.321 e. The van der Waals surface area contributed by atoms with Gasteiger partial charge in [0.1, 0.15) is 0 Å². The molecule has 3 N–H and O–H groups in total. The molecule has 0 radical (unpaired) electrons. The highest BCUT2D eigenvalue weighted by Crippen LogP contribution is 2.18. The molecule has 1 unspecified atom stereocenters. The maximum atomic E-state index is 11.6. The summed E-state index contributed by atoms with van der Waals surface area (Å²) < 4.78 is 0. The van der Waals surface area contributed by atoms with Crippen LogP contribution in [0.25, 0.3) is 0 Å². The highest BCUT2D eigenvalue weighted by Gasteiger charge is 2.21. The lowest BCUT2D eigenvalue weighted by Crippen LogP contribution is -2.46. The lowest BCUT2D eigenvalue weighted by Gasteiger charge is -2.31. The third-order valence-electron chi connectivity index (χ3n) is 3.10. The van der Waals surface area contributed by atoms with Crippen molar-refractivity contribution in [3.8, 4) is 0 Å². The van der Waals surface area contributed by atoms with Crippen LogP contribution in [0.4, 0.5) is 4.79 Å². The van der Waals surface area contributed by atoms with Gasteiger partial charge in [-0.25, -0.2) is 4.79 Å². The molecule has 104 valence electrons. The highest BCUT2D eigenvalue weighted by atomic mass is 16.3. The Kier molecular flexibility index (Phi) is 6.67. The van der Waals surface area contributed by atoms with Gasteiger partial charge in [-0.05, 0) is 38.6 Å². The molecule has 6 heteroatoms. The van der Waals surface area contributed by atoms with Crippen molar-refractivity contribution in [2.24, 2.45) is 5.92 Å². The molecule has 1 heterocycles. The minimum atomic E-state index is -0.439. The molecule has 6 nitrogen and oxygen atoms in total. The summed E-state index contributed by atoms with van der Waals surface area (Å²) in [6.07, 6.45) is 2.93. The molecule has 1 aliphatic heterocycles. The van der Waals surface area contributed by atoms with Crippen molar-refractivity contribution >= 4 is 11.9 Å². The molecule has 18 heavy (non-hydrogen) atoms. The van der Waals surface area contributed by atoms with E-state index in [1.165, 1.54) is 0 Å². The number of nitrogens with zero attached hydrogens (tertiary/aromatic N) is 1. The Morgan fingerprint density at radius 3 is 2.89 bits per heavy atom. The molecule has 1 rings (SSSR count). The first-order valence-electron chi connectivity index (χ1n) is 6.56. The molecule has 0 saturated carbocycles. The van der Waals surface area contributed by atoms with Crippen molar-refractivity contribution in [2.75, 3.05) is 32.8 Å². The van der Waals surface area contributed by atoms with E-state index in [0.717, 1.165) is 32.4 Å². The molecule has 1 saturated heterocycles. The van der Waals surface area contributed by atoms with E-state index in [4.69, 9.17) is 5.11 Å². The first kappa shape index (κ1) is 14.9. The van der Waals surface area contributed by atoms with Crippen molar-refractivity contribution in [3.63, 3.8) is 0 Å². The van der Waals surface area contributed by atoms with Gasteiger partial charge in [-0.3, -0.25) is 15.0 Å². The van der Waals surface area contributed by atoms with Gasteiger partial charge in [0.15, 0.2) is 0 Å². The Labute approximate surface area is 108 Å². The number of hydrogen-bond donors (Lipinski definition) is 3. The maximum Gasteiger partial charge on any atom is 0.321 e. The van der Waals surface area contributed by atoms with Crippen LogP contribution >= 0.6 is 0 Å². The second kappa shape index (κ2) is 8.05. The van der Waals surface area contributed by atoms with E-state index in [-0.39, 0.29) is 19.1 Å². The molecule has 0 bridgehead atoms. The van der Waals surface area contributed by atoms with Crippen LogP contribution in [-0.2, 0) is 4.79 Å². The maximum absolute atomic E-state index is 11.6. The second-order valence-corrected chi connectivity index (χ2v) is 4.66. The summed E-state index contributed by atoms with van der Waals surface area (Å²) in [5, 5.41) is 13.7. The van der Waals surface area contributed by atoms with Crippen LogP contribution in [0.1, 0.15) is 26.2 Å². The zero-order valence-electron chi connectivity index (χ0n) is 10.9. The van der Waals surface area contributed by atoms with E-state index < -0.39 is 6.03 Å². The number of carbonyl (C=O) groups excluding carboxylic acids is 2. The van der Waals surface area contributed by atoms with Crippen molar-refractivity contribution in [2.45, 2.75) is 26.2 Å². The first-order valence-corrected chi connectivity index (χ1v) is 6.56. The van der Waals surface area contributed by atoms with Crippen molar-refractivity contribution in [1.29, 1.82) is 0 Å². The quantitative estimate of drug-likeness (QED) is 0.644. The Morgan fingerprint density at radius 2 is 2.22 bits per heavy atom. The number of imide groups is 1. The second-order valence-electron chi connectivity index (χ2n) is 4.66. The summed E-state index contributed by atoms with van der Waals surface area (Å²) in [6, 6.07) is -0.439. The number of likely N-dealkylation sites (tertiary alicyclic amines) is 1. The lowest BCUT2D eigenvalue weighted by molar-refractivity contribution is -0.121. The van der Waals surface area contributed by atoms with Gasteiger partial charge >= 0.3 is 6.03 Å². The third kappa shape index (κ3) is 5.46. The monoisotopic (exact) mass is 257 g/mol. The van der Waals surface area contributed by atoms with Gasteiger partial charge in [-0.2, -0.15) is 0 Å². The number of amides is 3. The SMILES string of the molecule is CCNC(=O)NC(=O)CN1CCCC(CCO)C1. The molecule has 0 aromatic carbocycles. The van der Waals surface area contributed by atoms with Gasteiger partial charge in [0.05, 0.1) is 6.54 Å². The van der Waals surface area contributed by atoms with Gasteiger partial charge in [0.2, 0.25) is 5.91 Å². The summed E-state index contributed by atoms with van der Waals surface area (Å²) in [5.41, 5.74) is 0. The summed E-state index contributed by atoms with van der Waals surface area (Å²) in [4.78, 5) is 24.8. The van der Waals surface area contributed by atoms with Crippen molar-refractivity contribution in [3.05, 3.63) is 0 Å². The summed E-state index contributed by atoms with van der Waals surface area (Å²) in [7, 11) is 0. The van der Waals surface area contributed by atoms with E-state index in [1.807, 2.05) is 4.90 Å². The van der Waals surface area contributed by atoms with Gasteiger partial charge < -0.3 is 10.4 Å². The molecule has 0 aliphatic carbocycles. The van der Waals surface area contributed by atoms with Crippen LogP contribution in [0.2, 0.25) is 0 Å². The van der Waals surface area contributed by atoms with Gasteiger partial charge in [-0.15, -0.1) is 0 Å². The molecular weight excluding hydrogens is 234 g/mol. The number of nitrogens with one attached hydrogen (secondary N) is 2. The van der Waals surface area contributed by atoms with Crippen LogP contribution in [0.3, 0.4) is 0 Å². The van der Waals surface area contributed by atoms with Gasteiger partial charge in [-0.1, -0.05) is 0 Å². The van der Waals surface area contributed by atoms with Crippen LogP contribution in [-0.4, -0.2) is 54.7 Å². The number of aliphatic hydroxyl groups is 1. The molecule has 0 aromatic heterocycles. The van der Waals surface area contributed by atoms with E-state index in [9.17, 15) is 9.59 Å². The lowest BCUT2D eigenvalue weighted by atomic mass is 9.95. The standard InChI is InChI=1S/C12H23N3O3/c1-2-13-12(18)14-11(17)9-15-6-3-4-10(8-15)5-7-16/h10,16H,2-9H2,1H3,(H2,13,14,17,18). The fraction of sp³-hybridized carbons (Fsp3) is 0.833. The Morgan fingerprint density at radius 1 is 1.44 bits per heavy atom. The number of aliphatic hydroxyl groups excluding tert-OH is 1.